The Bertz CT molecular complexity index is 534. The number of rotatable bonds is 6. The van der Waals surface area contributed by atoms with E-state index >= 15 is 0 Å². The molecule has 2 rings (SSSR count). The van der Waals surface area contributed by atoms with Crippen molar-refractivity contribution in [1.82, 2.24) is 9.97 Å². The lowest BCUT2D eigenvalue weighted by atomic mass is 10.1. The molecule has 1 N–H and O–H groups in total. The summed E-state index contributed by atoms with van der Waals surface area (Å²) in [6, 6.07) is 11.7. The molecule has 106 valence electrons. The molecule has 1 atom stereocenters. The van der Waals surface area contributed by atoms with Crippen LogP contribution < -0.4 is 10.1 Å². The Balaban J connectivity index is 1.94. The molecule has 4 nitrogen and oxygen atoms in total. The summed E-state index contributed by atoms with van der Waals surface area (Å²) in [4.78, 5) is 8.21. The van der Waals surface area contributed by atoms with Crippen LogP contribution in [0.3, 0.4) is 0 Å². The minimum Gasteiger partial charge on any atom is -0.475 e. The van der Waals surface area contributed by atoms with Gasteiger partial charge in [0.15, 0.2) is 0 Å². The minimum atomic E-state index is -0.111. The Labute approximate surface area is 124 Å². The van der Waals surface area contributed by atoms with Gasteiger partial charge in [0.25, 0.3) is 0 Å². The average Bonchev–Trinajstić information content (AvgIpc) is 2.45. The molecule has 0 bridgehead atoms. The third-order valence-corrected chi connectivity index (χ3v) is 3.03. The maximum absolute atomic E-state index is 6.34. The molecule has 0 saturated heterocycles. The zero-order valence-electron chi connectivity index (χ0n) is 11.6. The topological polar surface area (TPSA) is 47.0 Å². The van der Waals surface area contributed by atoms with Gasteiger partial charge in [0.2, 0.25) is 5.88 Å². The maximum Gasteiger partial charge on any atom is 0.218 e. The van der Waals surface area contributed by atoms with Gasteiger partial charge in [-0.15, -0.1) is 11.6 Å². The Kier molecular flexibility index (Phi) is 5.18. The highest BCUT2D eigenvalue weighted by atomic mass is 35.5. The molecular weight excluding hydrogens is 274 g/mol. The third-order valence-electron chi connectivity index (χ3n) is 2.62. The summed E-state index contributed by atoms with van der Waals surface area (Å²) >= 11 is 6.34. The molecule has 1 heterocycles. The summed E-state index contributed by atoms with van der Waals surface area (Å²) in [5.41, 5.74) is 1.08. The van der Waals surface area contributed by atoms with E-state index in [-0.39, 0.29) is 11.5 Å². The van der Waals surface area contributed by atoms with Gasteiger partial charge in [-0.3, -0.25) is 0 Å². The first-order chi connectivity index (χ1) is 9.65. The van der Waals surface area contributed by atoms with Crippen molar-refractivity contribution >= 4 is 17.4 Å². The molecule has 20 heavy (non-hydrogen) atoms. The maximum atomic E-state index is 6.34. The van der Waals surface area contributed by atoms with Crippen LogP contribution in [0.15, 0.2) is 42.7 Å². The van der Waals surface area contributed by atoms with Crippen molar-refractivity contribution in [2.75, 3.05) is 11.9 Å². The fourth-order valence-electron chi connectivity index (χ4n) is 1.72. The fraction of sp³-hybridized carbons (Fsp3) is 0.333. The summed E-state index contributed by atoms with van der Waals surface area (Å²) in [6.45, 7) is 4.50. The van der Waals surface area contributed by atoms with Crippen molar-refractivity contribution in [3.8, 4) is 5.88 Å². The Morgan fingerprint density at radius 1 is 1.20 bits per heavy atom. The third kappa shape index (κ3) is 4.38. The standard InChI is InChI=1S/C15H18ClN3O/c1-11(2)20-15-8-14(18-10-19-15)17-9-13(16)12-6-4-3-5-7-12/h3-8,10-11,13H,9H2,1-2H3,(H,17,18,19). The van der Waals surface area contributed by atoms with Gasteiger partial charge in [-0.05, 0) is 19.4 Å². The predicted octanol–water partition coefficient (Wildman–Crippen LogP) is 3.66. The highest BCUT2D eigenvalue weighted by Crippen LogP contribution is 2.21. The molecular formula is C15H18ClN3O. The Morgan fingerprint density at radius 3 is 2.65 bits per heavy atom. The zero-order valence-corrected chi connectivity index (χ0v) is 12.3. The number of aromatic nitrogens is 2. The fourth-order valence-corrected chi connectivity index (χ4v) is 1.94. The molecule has 2 aromatic rings. The van der Waals surface area contributed by atoms with Crippen molar-refractivity contribution < 1.29 is 4.74 Å². The number of anilines is 1. The van der Waals surface area contributed by atoms with Gasteiger partial charge in [0.1, 0.15) is 12.1 Å². The monoisotopic (exact) mass is 291 g/mol. The molecule has 1 aromatic carbocycles. The molecule has 0 radical (unpaired) electrons. The van der Waals surface area contributed by atoms with Gasteiger partial charge in [-0.2, -0.15) is 0 Å². The summed E-state index contributed by atoms with van der Waals surface area (Å²) in [6.07, 6.45) is 1.56. The first-order valence-corrected chi connectivity index (χ1v) is 7.00. The average molecular weight is 292 g/mol. The van der Waals surface area contributed by atoms with E-state index in [0.29, 0.717) is 18.2 Å². The van der Waals surface area contributed by atoms with Gasteiger partial charge in [0.05, 0.1) is 11.5 Å². The van der Waals surface area contributed by atoms with E-state index < -0.39 is 0 Å². The number of benzene rings is 1. The Morgan fingerprint density at radius 2 is 1.95 bits per heavy atom. The quantitative estimate of drug-likeness (QED) is 0.825. The first kappa shape index (κ1) is 14.6. The van der Waals surface area contributed by atoms with E-state index in [4.69, 9.17) is 16.3 Å². The normalized spacial score (nSPS) is 12.2. The number of ether oxygens (including phenoxy) is 1. The molecule has 0 spiro atoms. The highest BCUT2D eigenvalue weighted by molar-refractivity contribution is 6.21. The molecule has 1 aromatic heterocycles. The second kappa shape index (κ2) is 7.10. The Hall–Kier alpha value is -1.81. The number of hydrogen-bond acceptors (Lipinski definition) is 4. The second-order valence-corrected chi connectivity index (χ2v) is 5.19. The predicted molar refractivity (Wildman–Crippen MR) is 81.3 cm³/mol. The van der Waals surface area contributed by atoms with Crippen LogP contribution in [-0.2, 0) is 0 Å². The summed E-state index contributed by atoms with van der Waals surface area (Å²) in [5, 5.41) is 3.08. The zero-order chi connectivity index (χ0) is 14.4. The lowest BCUT2D eigenvalue weighted by Gasteiger charge is -2.13. The molecule has 5 heteroatoms. The van der Waals surface area contributed by atoms with E-state index in [1.807, 2.05) is 44.2 Å². The van der Waals surface area contributed by atoms with E-state index in [0.717, 1.165) is 5.56 Å². The number of alkyl halides is 1. The van der Waals surface area contributed by atoms with E-state index in [1.165, 1.54) is 6.33 Å². The van der Waals surface area contributed by atoms with Crippen molar-refractivity contribution in [3.05, 3.63) is 48.3 Å². The number of nitrogens with one attached hydrogen (secondary N) is 1. The van der Waals surface area contributed by atoms with Crippen LogP contribution in [0, 0.1) is 0 Å². The molecule has 0 saturated carbocycles. The highest BCUT2D eigenvalue weighted by Gasteiger charge is 2.08. The molecule has 0 aliphatic rings. The van der Waals surface area contributed by atoms with Gasteiger partial charge in [-0.25, -0.2) is 9.97 Å². The van der Waals surface area contributed by atoms with E-state index in [1.54, 1.807) is 6.07 Å². The van der Waals surface area contributed by atoms with E-state index in [2.05, 4.69) is 15.3 Å². The molecule has 0 aliphatic heterocycles. The number of nitrogens with zero attached hydrogens (tertiary/aromatic N) is 2. The van der Waals surface area contributed by atoms with Crippen LogP contribution in [0.25, 0.3) is 0 Å². The minimum absolute atomic E-state index is 0.0860. The van der Waals surface area contributed by atoms with Crippen LogP contribution in [0.1, 0.15) is 24.8 Å². The van der Waals surface area contributed by atoms with E-state index in [9.17, 15) is 0 Å². The molecule has 1 unspecified atom stereocenters. The first-order valence-electron chi connectivity index (χ1n) is 6.56. The SMILES string of the molecule is CC(C)Oc1cc(NCC(Cl)c2ccccc2)ncn1. The largest absolute Gasteiger partial charge is 0.475 e. The van der Waals surface area contributed by atoms with Crippen molar-refractivity contribution in [2.45, 2.75) is 25.3 Å². The second-order valence-electron chi connectivity index (χ2n) is 4.67. The van der Waals surface area contributed by atoms with Crippen LogP contribution in [0.2, 0.25) is 0 Å². The summed E-state index contributed by atoms with van der Waals surface area (Å²) in [7, 11) is 0. The summed E-state index contributed by atoms with van der Waals surface area (Å²) in [5.74, 6) is 1.26. The molecule has 0 fully saturated rings. The van der Waals surface area contributed by atoms with Crippen molar-refractivity contribution in [2.24, 2.45) is 0 Å². The van der Waals surface area contributed by atoms with Gasteiger partial charge < -0.3 is 10.1 Å². The van der Waals surface area contributed by atoms with Crippen LogP contribution in [0.5, 0.6) is 5.88 Å². The van der Waals surface area contributed by atoms with Crippen LogP contribution >= 0.6 is 11.6 Å². The van der Waals surface area contributed by atoms with Crippen molar-refractivity contribution in [3.63, 3.8) is 0 Å². The molecule has 0 amide bonds. The van der Waals surface area contributed by atoms with Gasteiger partial charge in [-0.1, -0.05) is 30.3 Å². The number of halogens is 1. The molecule has 0 aliphatic carbocycles. The summed E-state index contributed by atoms with van der Waals surface area (Å²) < 4.78 is 5.52. The number of hydrogen-bond donors (Lipinski definition) is 1. The van der Waals surface area contributed by atoms with Crippen LogP contribution in [0.4, 0.5) is 5.82 Å². The van der Waals surface area contributed by atoms with Crippen LogP contribution in [-0.4, -0.2) is 22.6 Å². The van der Waals surface area contributed by atoms with Gasteiger partial charge in [0, 0.05) is 12.6 Å². The lowest BCUT2D eigenvalue weighted by Crippen LogP contribution is -2.11. The van der Waals surface area contributed by atoms with Crippen molar-refractivity contribution in [1.29, 1.82) is 0 Å². The lowest BCUT2D eigenvalue weighted by molar-refractivity contribution is 0.232. The van der Waals surface area contributed by atoms with Gasteiger partial charge >= 0.3 is 0 Å². The smallest absolute Gasteiger partial charge is 0.218 e.